The van der Waals surface area contributed by atoms with E-state index in [0.29, 0.717) is 12.6 Å². The van der Waals surface area contributed by atoms with Crippen molar-refractivity contribution < 1.29 is 4.74 Å². The minimum atomic E-state index is 0.0343. The highest BCUT2D eigenvalue weighted by Crippen LogP contribution is 2.25. The van der Waals surface area contributed by atoms with Gasteiger partial charge in [-0.25, -0.2) is 0 Å². The van der Waals surface area contributed by atoms with E-state index in [0.717, 1.165) is 36.8 Å². The molecule has 1 saturated heterocycles. The molecule has 1 aliphatic heterocycles. The molecule has 0 bridgehead atoms. The lowest BCUT2D eigenvalue weighted by atomic mass is 9.88. The molecular weight excluding hydrogens is 316 g/mol. The summed E-state index contributed by atoms with van der Waals surface area (Å²) in [5.74, 6) is 0. The van der Waals surface area contributed by atoms with Crippen molar-refractivity contribution in [1.82, 2.24) is 4.90 Å². The van der Waals surface area contributed by atoms with Crippen LogP contribution in [0.2, 0.25) is 0 Å². The second-order valence-corrected chi connectivity index (χ2v) is 6.84. The zero-order valence-corrected chi connectivity index (χ0v) is 14.0. The van der Waals surface area contributed by atoms with Crippen molar-refractivity contribution in [2.75, 3.05) is 26.7 Å². The SMILES string of the molecule is COC1CCN(C(C)(CN)Cc2ccc(Br)cc2)CC1. The number of hydrogen-bond donors (Lipinski definition) is 1. The van der Waals surface area contributed by atoms with E-state index in [-0.39, 0.29) is 5.54 Å². The summed E-state index contributed by atoms with van der Waals surface area (Å²) in [7, 11) is 1.81. The standard InChI is InChI=1S/C16H25BrN2O/c1-16(12-18,11-13-3-5-14(17)6-4-13)19-9-7-15(20-2)8-10-19/h3-6,15H,7-12,18H2,1-2H3. The van der Waals surface area contributed by atoms with Gasteiger partial charge in [-0.15, -0.1) is 0 Å². The van der Waals surface area contributed by atoms with Crippen molar-refractivity contribution in [3.63, 3.8) is 0 Å². The summed E-state index contributed by atoms with van der Waals surface area (Å²) in [5.41, 5.74) is 7.48. The third-order valence-electron chi connectivity index (χ3n) is 4.48. The molecule has 1 fully saturated rings. The monoisotopic (exact) mass is 340 g/mol. The van der Waals surface area contributed by atoms with Gasteiger partial charge in [0.2, 0.25) is 0 Å². The first-order valence-electron chi connectivity index (χ1n) is 7.30. The van der Waals surface area contributed by atoms with Gasteiger partial charge in [-0.2, -0.15) is 0 Å². The summed E-state index contributed by atoms with van der Waals surface area (Å²) in [6.45, 7) is 5.11. The maximum atomic E-state index is 6.10. The van der Waals surface area contributed by atoms with Crippen molar-refractivity contribution in [1.29, 1.82) is 0 Å². The number of methoxy groups -OCH3 is 1. The van der Waals surface area contributed by atoms with E-state index in [1.807, 2.05) is 7.11 Å². The molecular formula is C16H25BrN2O. The minimum Gasteiger partial charge on any atom is -0.381 e. The molecule has 0 spiro atoms. The third-order valence-corrected chi connectivity index (χ3v) is 5.01. The Balaban J connectivity index is 2.03. The molecule has 1 aromatic carbocycles. The average Bonchev–Trinajstić information content (AvgIpc) is 2.49. The summed E-state index contributed by atoms with van der Waals surface area (Å²) in [5, 5.41) is 0. The van der Waals surface area contributed by atoms with E-state index in [4.69, 9.17) is 10.5 Å². The highest BCUT2D eigenvalue weighted by Gasteiger charge is 2.33. The number of piperidine rings is 1. The Bertz CT molecular complexity index is 415. The molecule has 2 N–H and O–H groups in total. The fourth-order valence-corrected chi connectivity index (χ4v) is 3.25. The van der Waals surface area contributed by atoms with Crippen LogP contribution in [0, 0.1) is 0 Å². The third kappa shape index (κ3) is 3.82. The molecule has 1 unspecified atom stereocenters. The molecule has 3 nitrogen and oxygen atoms in total. The van der Waals surface area contributed by atoms with Gasteiger partial charge >= 0.3 is 0 Å². The van der Waals surface area contributed by atoms with Crippen molar-refractivity contribution in [3.05, 3.63) is 34.3 Å². The molecule has 0 aromatic heterocycles. The van der Waals surface area contributed by atoms with Crippen LogP contribution < -0.4 is 5.73 Å². The topological polar surface area (TPSA) is 38.5 Å². The van der Waals surface area contributed by atoms with Crippen LogP contribution in [0.1, 0.15) is 25.3 Å². The highest BCUT2D eigenvalue weighted by atomic mass is 79.9. The van der Waals surface area contributed by atoms with Gasteiger partial charge in [0.15, 0.2) is 0 Å². The summed E-state index contributed by atoms with van der Waals surface area (Å²) in [6, 6.07) is 8.56. The summed E-state index contributed by atoms with van der Waals surface area (Å²) < 4.78 is 6.58. The Morgan fingerprint density at radius 3 is 2.40 bits per heavy atom. The van der Waals surface area contributed by atoms with E-state index < -0.39 is 0 Å². The van der Waals surface area contributed by atoms with Crippen LogP contribution in [-0.4, -0.2) is 43.3 Å². The van der Waals surface area contributed by atoms with Crippen LogP contribution in [0.5, 0.6) is 0 Å². The highest BCUT2D eigenvalue weighted by molar-refractivity contribution is 9.10. The summed E-state index contributed by atoms with van der Waals surface area (Å²) >= 11 is 3.48. The van der Waals surface area contributed by atoms with Crippen LogP contribution in [0.15, 0.2) is 28.7 Å². The van der Waals surface area contributed by atoms with Crippen LogP contribution in [-0.2, 0) is 11.2 Å². The Hall–Kier alpha value is -0.420. The quantitative estimate of drug-likeness (QED) is 0.895. The maximum absolute atomic E-state index is 6.10. The molecule has 1 atom stereocenters. The zero-order chi connectivity index (χ0) is 14.6. The van der Waals surface area contributed by atoms with Crippen LogP contribution in [0.25, 0.3) is 0 Å². The maximum Gasteiger partial charge on any atom is 0.0595 e. The molecule has 112 valence electrons. The lowest BCUT2D eigenvalue weighted by molar-refractivity contribution is 0.00362. The lowest BCUT2D eigenvalue weighted by Gasteiger charge is -2.44. The minimum absolute atomic E-state index is 0.0343. The first kappa shape index (κ1) is 16.0. The molecule has 1 aliphatic rings. The van der Waals surface area contributed by atoms with Crippen LogP contribution in [0.3, 0.4) is 0 Å². The number of likely N-dealkylation sites (tertiary alicyclic amines) is 1. The van der Waals surface area contributed by atoms with Gasteiger partial charge in [0, 0.05) is 36.8 Å². The molecule has 4 heteroatoms. The zero-order valence-electron chi connectivity index (χ0n) is 12.4. The number of nitrogens with two attached hydrogens (primary N) is 1. The predicted molar refractivity (Wildman–Crippen MR) is 86.9 cm³/mol. The first-order chi connectivity index (χ1) is 9.57. The smallest absolute Gasteiger partial charge is 0.0595 e. The van der Waals surface area contributed by atoms with Crippen molar-refractivity contribution in [3.8, 4) is 0 Å². The van der Waals surface area contributed by atoms with Gasteiger partial charge in [-0.3, -0.25) is 4.90 Å². The summed E-state index contributed by atoms with van der Waals surface area (Å²) in [4.78, 5) is 2.53. The average molecular weight is 341 g/mol. The van der Waals surface area contributed by atoms with Gasteiger partial charge in [-0.1, -0.05) is 28.1 Å². The summed E-state index contributed by atoms with van der Waals surface area (Å²) in [6.07, 6.45) is 3.62. The van der Waals surface area contributed by atoms with Crippen molar-refractivity contribution in [2.45, 2.75) is 37.8 Å². The lowest BCUT2D eigenvalue weighted by Crippen LogP contribution is -2.56. The molecule has 2 rings (SSSR count). The molecule has 0 amide bonds. The van der Waals surface area contributed by atoms with E-state index >= 15 is 0 Å². The number of halogens is 1. The van der Waals surface area contributed by atoms with Crippen molar-refractivity contribution >= 4 is 15.9 Å². The predicted octanol–water partition coefficient (Wildman–Crippen LogP) is 2.82. The van der Waals surface area contributed by atoms with E-state index in [9.17, 15) is 0 Å². The number of benzene rings is 1. The fourth-order valence-electron chi connectivity index (χ4n) is 2.99. The number of nitrogens with zero attached hydrogens (tertiary/aromatic N) is 1. The molecule has 1 aromatic rings. The Morgan fingerprint density at radius 2 is 1.90 bits per heavy atom. The number of hydrogen-bond acceptors (Lipinski definition) is 3. The normalized spacial score (nSPS) is 20.8. The van der Waals surface area contributed by atoms with Gasteiger partial charge in [-0.05, 0) is 43.9 Å². The second-order valence-electron chi connectivity index (χ2n) is 5.93. The number of ether oxygens (including phenoxy) is 1. The molecule has 0 aliphatic carbocycles. The Labute approximate surface area is 130 Å². The molecule has 20 heavy (non-hydrogen) atoms. The Morgan fingerprint density at radius 1 is 1.30 bits per heavy atom. The van der Waals surface area contributed by atoms with Gasteiger partial charge in [0.05, 0.1) is 6.10 Å². The van der Waals surface area contributed by atoms with Crippen LogP contribution >= 0.6 is 15.9 Å². The van der Waals surface area contributed by atoms with E-state index in [2.05, 4.69) is 52.0 Å². The van der Waals surface area contributed by atoms with Gasteiger partial charge in [0.1, 0.15) is 0 Å². The largest absolute Gasteiger partial charge is 0.381 e. The fraction of sp³-hybridized carbons (Fsp3) is 0.625. The van der Waals surface area contributed by atoms with Crippen molar-refractivity contribution in [2.24, 2.45) is 5.73 Å². The Kier molecular flexibility index (Phi) is 5.61. The second kappa shape index (κ2) is 7.03. The van der Waals surface area contributed by atoms with E-state index in [1.165, 1.54) is 5.56 Å². The van der Waals surface area contributed by atoms with Gasteiger partial charge < -0.3 is 10.5 Å². The van der Waals surface area contributed by atoms with Crippen LogP contribution in [0.4, 0.5) is 0 Å². The number of rotatable bonds is 5. The van der Waals surface area contributed by atoms with Gasteiger partial charge in [0.25, 0.3) is 0 Å². The first-order valence-corrected chi connectivity index (χ1v) is 8.09. The molecule has 0 saturated carbocycles. The molecule has 1 heterocycles. The van der Waals surface area contributed by atoms with E-state index in [1.54, 1.807) is 0 Å². The molecule has 0 radical (unpaired) electrons.